The molecule has 0 radical (unpaired) electrons. The summed E-state index contributed by atoms with van der Waals surface area (Å²) in [5, 5.41) is 0. The first-order chi connectivity index (χ1) is 13.0. The lowest BCUT2D eigenvalue weighted by Crippen LogP contribution is -2.18. The van der Waals surface area contributed by atoms with E-state index in [-0.39, 0.29) is 5.91 Å². The molecule has 0 unspecified atom stereocenters. The minimum atomic E-state index is -0.225. The monoisotopic (exact) mass is 401 g/mol. The lowest BCUT2D eigenvalue weighted by molar-refractivity contribution is 0.0998. The minimum Gasteiger partial charge on any atom is -0.497 e. The van der Waals surface area contributed by atoms with Crippen molar-refractivity contribution in [3.05, 3.63) is 52.8 Å². The van der Waals surface area contributed by atoms with Crippen LogP contribution in [0.1, 0.15) is 10.4 Å². The normalized spacial score (nSPS) is 11.8. The first-order valence-electron chi connectivity index (χ1n) is 8.56. The molecule has 27 heavy (non-hydrogen) atoms. The maximum absolute atomic E-state index is 12.7. The number of benzene rings is 2. The number of thiazole rings is 1. The zero-order chi connectivity index (χ0) is 19.4. The number of carbonyl (C=O) groups excluding carboxylic acids is 1. The Hall–Kier alpha value is -2.25. The van der Waals surface area contributed by atoms with Gasteiger partial charge in [-0.1, -0.05) is 11.3 Å². The van der Waals surface area contributed by atoms with Crippen LogP contribution in [0.3, 0.4) is 0 Å². The van der Waals surface area contributed by atoms with E-state index in [9.17, 15) is 4.79 Å². The Morgan fingerprint density at radius 1 is 1.22 bits per heavy atom. The van der Waals surface area contributed by atoms with Gasteiger partial charge in [0.05, 0.1) is 17.3 Å². The van der Waals surface area contributed by atoms with Gasteiger partial charge < -0.3 is 14.2 Å². The Bertz CT molecular complexity index is 1000. The number of rotatable bonds is 6. The van der Waals surface area contributed by atoms with Crippen molar-refractivity contribution in [2.45, 2.75) is 6.54 Å². The molecule has 3 rings (SSSR count). The fourth-order valence-corrected chi connectivity index (χ4v) is 4.17. The molecule has 1 aromatic heterocycles. The van der Waals surface area contributed by atoms with Gasteiger partial charge in [0.1, 0.15) is 5.75 Å². The predicted octanol–water partition coefficient (Wildman–Crippen LogP) is 3.88. The molecule has 0 aliphatic rings. The van der Waals surface area contributed by atoms with Gasteiger partial charge in [0.15, 0.2) is 4.80 Å². The van der Waals surface area contributed by atoms with Gasteiger partial charge in [-0.3, -0.25) is 4.79 Å². The van der Waals surface area contributed by atoms with Crippen molar-refractivity contribution in [1.29, 1.82) is 0 Å². The van der Waals surface area contributed by atoms with Crippen LogP contribution in [-0.2, 0) is 6.54 Å². The number of hydrogen-bond donors (Lipinski definition) is 0. The molecule has 142 valence electrons. The van der Waals surface area contributed by atoms with Gasteiger partial charge in [-0.25, -0.2) is 0 Å². The smallest absolute Gasteiger partial charge is 0.279 e. The standard InChI is InChI=1S/C20H23N3O2S2/c1-22(2)15-7-5-14(6-8-15)19(24)21-20-23(11-12-26-4)17-10-9-16(25-3)13-18(17)27-20/h5-10,13H,11-12H2,1-4H3. The summed E-state index contributed by atoms with van der Waals surface area (Å²) in [6, 6.07) is 13.5. The second kappa shape index (κ2) is 8.63. The third kappa shape index (κ3) is 4.36. The number of ether oxygens (including phenoxy) is 1. The summed E-state index contributed by atoms with van der Waals surface area (Å²) in [6.45, 7) is 0.805. The highest BCUT2D eigenvalue weighted by Crippen LogP contribution is 2.23. The number of amides is 1. The molecule has 5 nitrogen and oxygen atoms in total. The number of nitrogens with zero attached hydrogens (tertiary/aromatic N) is 3. The molecule has 0 N–H and O–H groups in total. The lowest BCUT2D eigenvalue weighted by Gasteiger charge is -2.11. The molecule has 0 bridgehead atoms. The average Bonchev–Trinajstić information content (AvgIpc) is 3.02. The molecule has 0 aliphatic heterocycles. The summed E-state index contributed by atoms with van der Waals surface area (Å²) in [5.41, 5.74) is 2.71. The maximum atomic E-state index is 12.7. The summed E-state index contributed by atoms with van der Waals surface area (Å²) in [6.07, 6.45) is 2.08. The number of hydrogen-bond acceptors (Lipinski definition) is 5. The number of aromatic nitrogens is 1. The number of thioether (sulfide) groups is 1. The Balaban J connectivity index is 2.03. The first kappa shape index (κ1) is 19.5. The topological polar surface area (TPSA) is 46.8 Å². The molecule has 0 atom stereocenters. The first-order valence-corrected chi connectivity index (χ1v) is 10.8. The number of methoxy groups -OCH3 is 1. The average molecular weight is 402 g/mol. The number of fused-ring (bicyclic) bond motifs is 1. The summed E-state index contributed by atoms with van der Waals surface area (Å²) in [5.74, 6) is 1.53. The van der Waals surface area contributed by atoms with Crippen molar-refractivity contribution < 1.29 is 9.53 Å². The third-order valence-electron chi connectivity index (χ3n) is 4.24. The van der Waals surface area contributed by atoms with Crippen molar-refractivity contribution in [3.63, 3.8) is 0 Å². The van der Waals surface area contributed by atoms with Crippen LogP contribution < -0.4 is 14.4 Å². The van der Waals surface area contributed by atoms with E-state index >= 15 is 0 Å². The van der Waals surface area contributed by atoms with Gasteiger partial charge in [-0.2, -0.15) is 16.8 Å². The van der Waals surface area contributed by atoms with E-state index in [1.807, 2.05) is 61.5 Å². The molecule has 1 heterocycles. The Labute approximate surface area is 167 Å². The van der Waals surface area contributed by atoms with E-state index in [1.165, 1.54) is 11.3 Å². The Morgan fingerprint density at radius 3 is 2.59 bits per heavy atom. The number of aryl methyl sites for hydroxylation is 1. The lowest BCUT2D eigenvalue weighted by atomic mass is 10.2. The van der Waals surface area contributed by atoms with Crippen LogP contribution in [-0.4, -0.2) is 43.7 Å². The van der Waals surface area contributed by atoms with Crippen LogP contribution in [0.4, 0.5) is 5.69 Å². The molecule has 1 amide bonds. The highest BCUT2D eigenvalue weighted by atomic mass is 32.2. The molecule has 0 saturated heterocycles. The second-order valence-electron chi connectivity index (χ2n) is 6.22. The summed E-state index contributed by atoms with van der Waals surface area (Å²) in [4.78, 5) is 19.9. The molecule has 7 heteroatoms. The highest BCUT2D eigenvalue weighted by Gasteiger charge is 2.10. The van der Waals surface area contributed by atoms with Crippen LogP contribution in [0.15, 0.2) is 47.5 Å². The van der Waals surface area contributed by atoms with E-state index < -0.39 is 0 Å². The van der Waals surface area contributed by atoms with E-state index in [2.05, 4.69) is 15.8 Å². The molecular formula is C20H23N3O2S2. The molecule has 0 spiro atoms. The van der Waals surface area contributed by atoms with Gasteiger partial charge in [0.2, 0.25) is 0 Å². The number of carbonyl (C=O) groups is 1. The number of anilines is 1. The second-order valence-corrected chi connectivity index (χ2v) is 8.22. The van der Waals surface area contributed by atoms with E-state index in [0.717, 1.165) is 34.0 Å². The predicted molar refractivity (Wildman–Crippen MR) is 115 cm³/mol. The van der Waals surface area contributed by atoms with E-state index in [1.54, 1.807) is 18.9 Å². The Kier molecular flexibility index (Phi) is 6.23. The third-order valence-corrected chi connectivity index (χ3v) is 5.87. The summed E-state index contributed by atoms with van der Waals surface area (Å²) in [7, 11) is 5.60. The van der Waals surface area contributed by atoms with Crippen LogP contribution in [0.5, 0.6) is 5.75 Å². The molecule has 3 aromatic rings. The van der Waals surface area contributed by atoms with Gasteiger partial charge in [-0.15, -0.1) is 0 Å². The van der Waals surface area contributed by atoms with Crippen LogP contribution in [0.2, 0.25) is 0 Å². The van der Waals surface area contributed by atoms with Gasteiger partial charge in [0, 0.05) is 37.6 Å². The zero-order valence-corrected chi connectivity index (χ0v) is 17.6. The van der Waals surface area contributed by atoms with Gasteiger partial charge in [-0.05, 0) is 48.7 Å². The SMILES string of the molecule is COc1ccc2c(c1)sc(=NC(=O)c1ccc(N(C)C)cc1)n2CCSC. The Morgan fingerprint density at radius 2 is 1.96 bits per heavy atom. The largest absolute Gasteiger partial charge is 0.497 e. The van der Waals surface area contributed by atoms with Crippen molar-refractivity contribution >= 4 is 44.9 Å². The summed E-state index contributed by atoms with van der Waals surface area (Å²) >= 11 is 3.29. The minimum absolute atomic E-state index is 0.225. The van der Waals surface area contributed by atoms with Crippen LogP contribution in [0.25, 0.3) is 10.2 Å². The highest BCUT2D eigenvalue weighted by molar-refractivity contribution is 7.98. The quantitative estimate of drug-likeness (QED) is 0.629. The molecule has 0 saturated carbocycles. The summed E-state index contributed by atoms with van der Waals surface area (Å²) < 4.78 is 8.50. The van der Waals surface area contributed by atoms with Gasteiger partial charge in [0.25, 0.3) is 5.91 Å². The van der Waals surface area contributed by atoms with Crippen LogP contribution in [0, 0.1) is 0 Å². The van der Waals surface area contributed by atoms with E-state index in [4.69, 9.17) is 4.74 Å². The maximum Gasteiger partial charge on any atom is 0.279 e. The fourth-order valence-electron chi connectivity index (χ4n) is 2.72. The molecule has 0 aliphatic carbocycles. The fraction of sp³-hybridized carbons (Fsp3) is 0.300. The van der Waals surface area contributed by atoms with Crippen molar-refractivity contribution in [1.82, 2.24) is 4.57 Å². The van der Waals surface area contributed by atoms with Gasteiger partial charge >= 0.3 is 0 Å². The van der Waals surface area contributed by atoms with Crippen LogP contribution >= 0.6 is 23.1 Å². The van der Waals surface area contributed by atoms with E-state index in [0.29, 0.717) is 10.4 Å². The molecular weight excluding hydrogens is 378 g/mol. The van der Waals surface area contributed by atoms with Crippen molar-refractivity contribution in [2.75, 3.05) is 38.1 Å². The van der Waals surface area contributed by atoms with Crippen molar-refractivity contribution in [3.8, 4) is 5.75 Å². The zero-order valence-electron chi connectivity index (χ0n) is 15.9. The molecule has 2 aromatic carbocycles. The molecule has 0 fully saturated rings. The van der Waals surface area contributed by atoms with Crippen molar-refractivity contribution in [2.24, 2.45) is 4.99 Å².